The monoisotopic (exact) mass is 459 g/mol. The van der Waals surface area contributed by atoms with Crippen LogP contribution in [0.25, 0.3) is 6.08 Å². The van der Waals surface area contributed by atoms with E-state index in [1.165, 1.54) is 18.2 Å². The number of benzene rings is 2. The number of nitrogens with zero attached hydrogens (tertiary/aromatic N) is 1. The van der Waals surface area contributed by atoms with E-state index in [4.69, 9.17) is 16.3 Å². The Bertz CT molecular complexity index is 791. The number of hydrogen-bond donors (Lipinski definition) is 0. The van der Waals surface area contributed by atoms with Crippen LogP contribution in [0.2, 0.25) is 5.02 Å². The summed E-state index contributed by atoms with van der Waals surface area (Å²) in [5.74, 6) is -0.410. The van der Waals surface area contributed by atoms with Crippen molar-refractivity contribution in [1.29, 1.82) is 0 Å². The summed E-state index contributed by atoms with van der Waals surface area (Å²) < 4.78 is 6.53. The molecule has 0 N–H and O–H groups in total. The first-order valence-electron chi connectivity index (χ1n) is 6.15. The second kappa shape index (κ2) is 7.72. The predicted octanol–water partition coefficient (Wildman–Crippen LogP) is 5.33. The Morgan fingerprint density at radius 3 is 2.48 bits per heavy atom. The van der Waals surface area contributed by atoms with Crippen molar-refractivity contribution < 1.29 is 14.5 Å². The molecule has 0 saturated heterocycles. The second-order valence-electron chi connectivity index (χ2n) is 4.30. The maximum atomic E-state index is 12.2. The Balaban J connectivity index is 2.36. The SMILES string of the molecule is O=C(Oc1c(Br)cc(Br)cc1/C=C/[N+](=O)[O-])c1ccc(Cl)cc1. The molecule has 0 aliphatic carbocycles. The minimum absolute atomic E-state index is 0.186. The highest BCUT2D eigenvalue weighted by molar-refractivity contribution is 9.11. The highest BCUT2D eigenvalue weighted by atomic mass is 79.9. The lowest BCUT2D eigenvalue weighted by molar-refractivity contribution is -0.400. The van der Waals surface area contributed by atoms with Gasteiger partial charge in [0.15, 0.2) is 5.75 Å². The van der Waals surface area contributed by atoms with Gasteiger partial charge in [-0.1, -0.05) is 27.5 Å². The van der Waals surface area contributed by atoms with Crippen LogP contribution in [0.3, 0.4) is 0 Å². The molecular weight excluding hydrogens is 453 g/mol. The summed E-state index contributed by atoms with van der Waals surface area (Å²) in [6.45, 7) is 0. The van der Waals surface area contributed by atoms with Gasteiger partial charge in [-0.2, -0.15) is 0 Å². The summed E-state index contributed by atoms with van der Waals surface area (Å²) in [5.41, 5.74) is 0.693. The Morgan fingerprint density at radius 1 is 1.22 bits per heavy atom. The molecule has 2 aromatic rings. The number of hydrogen-bond acceptors (Lipinski definition) is 4. The molecule has 8 heteroatoms. The number of carbonyl (C=O) groups is 1. The molecule has 23 heavy (non-hydrogen) atoms. The Hall–Kier alpha value is -1.70. The molecule has 0 aliphatic rings. The number of rotatable bonds is 4. The van der Waals surface area contributed by atoms with Gasteiger partial charge in [-0.15, -0.1) is 0 Å². The minimum Gasteiger partial charge on any atom is -0.421 e. The van der Waals surface area contributed by atoms with Crippen molar-refractivity contribution in [2.24, 2.45) is 0 Å². The highest BCUT2D eigenvalue weighted by Gasteiger charge is 2.15. The smallest absolute Gasteiger partial charge is 0.343 e. The zero-order chi connectivity index (χ0) is 17.0. The van der Waals surface area contributed by atoms with Gasteiger partial charge in [0.2, 0.25) is 6.20 Å². The van der Waals surface area contributed by atoms with Gasteiger partial charge in [0.05, 0.1) is 15.0 Å². The van der Waals surface area contributed by atoms with E-state index < -0.39 is 10.9 Å². The lowest BCUT2D eigenvalue weighted by Crippen LogP contribution is -2.09. The van der Waals surface area contributed by atoms with E-state index in [1.54, 1.807) is 24.3 Å². The normalized spacial score (nSPS) is 10.7. The Kier molecular flexibility index (Phi) is 5.92. The van der Waals surface area contributed by atoms with Crippen molar-refractivity contribution >= 4 is 55.5 Å². The maximum absolute atomic E-state index is 12.2. The van der Waals surface area contributed by atoms with Crippen LogP contribution < -0.4 is 4.74 Å². The second-order valence-corrected chi connectivity index (χ2v) is 6.51. The van der Waals surface area contributed by atoms with Gasteiger partial charge in [-0.25, -0.2) is 4.79 Å². The van der Waals surface area contributed by atoms with Gasteiger partial charge in [-0.3, -0.25) is 10.1 Å². The first-order valence-corrected chi connectivity index (χ1v) is 8.11. The van der Waals surface area contributed by atoms with Crippen molar-refractivity contribution in [2.75, 3.05) is 0 Å². The zero-order valence-electron chi connectivity index (χ0n) is 11.3. The topological polar surface area (TPSA) is 69.4 Å². The van der Waals surface area contributed by atoms with Crippen LogP contribution in [0.15, 0.2) is 51.5 Å². The van der Waals surface area contributed by atoms with Crippen molar-refractivity contribution in [3.05, 3.63) is 77.8 Å². The van der Waals surface area contributed by atoms with Crippen molar-refractivity contribution in [3.8, 4) is 5.75 Å². The van der Waals surface area contributed by atoms with Crippen LogP contribution >= 0.6 is 43.5 Å². The molecule has 0 aliphatic heterocycles. The average Bonchev–Trinajstić information content (AvgIpc) is 2.48. The van der Waals surface area contributed by atoms with Gasteiger partial charge in [0.1, 0.15) is 0 Å². The first-order chi connectivity index (χ1) is 10.9. The molecule has 0 unspecified atom stereocenters. The fourth-order valence-corrected chi connectivity index (χ4v) is 3.16. The van der Waals surface area contributed by atoms with Gasteiger partial charge in [-0.05, 0) is 52.3 Å². The van der Waals surface area contributed by atoms with Gasteiger partial charge < -0.3 is 4.74 Å². The van der Waals surface area contributed by atoms with Crippen LogP contribution in [0.4, 0.5) is 0 Å². The molecule has 0 amide bonds. The van der Waals surface area contributed by atoms with E-state index in [0.717, 1.165) is 6.20 Å². The zero-order valence-corrected chi connectivity index (χ0v) is 15.3. The molecule has 0 bridgehead atoms. The molecular formula is C15H8Br2ClNO4. The van der Waals surface area contributed by atoms with E-state index in [9.17, 15) is 14.9 Å². The highest BCUT2D eigenvalue weighted by Crippen LogP contribution is 2.34. The Labute approximate surface area is 153 Å². The van der Waals surface area contributed by atoms with Crippen molar-refractivity contribution in [1.82, 2.24) is 0 Å². The first kappa shape index (κ1) is 17.7. The fourth-order valence-electron chi connectivity index (χ4n) is 1.69. The molecule has 0 atom stereocenters. The number of carbonyl (C=O) groups excluding carboxylic acids is 1. The molecule has 0 spiro atoms. The van der Waals surface area contributed by atoms with Crippen LogP contribution in [0.5, 0.6) is 5.75 Å². The molecule has 0 saturated carbocycles. The molecule has 5 nitrogen and oxygen atoms in total. The third-order valence-electron chi connectivity index (χ3n) is 2.69. The summed E-state index contributed by atoms with van der Waals surface area (Å²) in [6, 6.07) is 9.49. The molecule has 0 radical (unpaired) electrons. The van der Waals surface area contributed by atoms with Crippen LogP contribution in [-0.2, 0) is 0 Å². The molecule has 118 valence electrons. The van der Waals surface area contributed by atoms with E-state index in [1.807, 2.05) is 0 Å². The lowest BCUT2D eigenvalue weighted by atomic mass is 10.2. The molecule has 2 rings (SSSR count). The average molecular weight is 461 g/mol. The number of nitro groups is 1. The predicted molar refractivity (Wildman–Crippen MR) is 94.3 cm³/mol. The quantitative estimate of drug-likeness (QED) is 0.267. The maximum Gasteiger partial charge on any atom is 0.343 e. The summed E-state index contributed by atoms with van der Waals surface area (Å²) in [5, 5.41) is 11.0. The number of ether oxygens (including phenoxy) is 1. The summed E-state index contributed by atoms with van der Waals surface area (Å²) in [7, 11) is 0. The van der Waals surface area contributed by atoms with E-state index in [2.05, 4.69) is 31.9 Å². The summed E-state index contributed by atoms with van der Waals surface area (Å²) in [4.78, 5) is 22.1. The molecule has 0 heterocycles. The van der Waals surface area contributed by atoms with Crippen molar-refractivity contribution in [3.63, 3.8) is 0 Å². The van der Waals surface area contributed by atoms with Crippen LogP contribution in [-0.4, -0.2) is 10.9 Å². The molecule has 0 fully saturated rings. The lowest BCUT2D eigenvalue weighted by Gasteiger charge is -2.10. The largest absolute Gasteiger partial charge is 0.421 e. The third-order valence-corrected chi connectivity index (χ3v) is 3.99. The summed E-state index contributed by atoms with van der Waals surface area (Å²) >= 11 is 12.3. The number of halogens is 3. The van der Waals surface area contributed by atoms with E-state index in [-0.39, 0.29) is 5.75 Å². The fraction of sp³-hybridized carbons (Fsp3) is 0. The van der Waals surface area contributed by atoms with Crippen LogP contribution in [0, 0.1) is 10.1 Å². The van der Waals surface area contributed by atoms with Gasteiger partial charge >= 0.3 is 5.97 Å². The van der Waals surface area contributed by atoms with Gasteiger partial charge in [0.25, 0.3) is 0 Å². The standard InChI is InChI=1S/C15H8Br2ClNO4/c16-11-7-10(5-6-19(21)22)14(13(17)8-11)23-15(20)9-1-3-12(18)4-2-9/h1-8H/b6-5+. The van der Waals surface area contributed by atoms with E-state index >= 15 is 0 Å². The molecule has 0 aromatic heterocycles. The van der Waals surface area contributed by atoms with E-state index in [0.29, 0.717) is 25.1 Å². The minimum atomic E-state index is -0.598. The van der Waals surface area contributed by atoms with Crippen molar-refractivity contribution in [2.45, 2.75) is 0 Å². The number of esters is 1. The third kappa shape index (κ3) is 4.89. The van der Waals surface area contributed by atoms with Gasteiger partial charge in [0, 0.05) is 21.1 Å². The summed E-state index contributed by atoms with van der Waals surface area (Å²) in [6.07, 6.45) is 2.02. The van der Waals surface area contributed by atoms with Crippen LogP contribution in [0.1, 0.15) is 15.9 Å². The Morgan fingerprint density at radius 2 is 1.87 bits per heavy atom. The molecule has 2 aromatic carbocycles.